The van der Waals surface area contributed by atoms with Crippen molar-refractivity contribution in [2.45, 2.75) is 12.5 Å². The number of aromatic hydroxyl groups is 1. The minimum atomic E-state index is -0.691. The van der Waals surface area contributed by atoms with Crippen LogP contribution >= 0.6 is 0 Å². The highest BCUT2D eigenvalue weighted by Gasteiger charge is 2.15. The first-order valence-corrected chi connectivity index (χ1v) is 5.91. The van der Waals surface area contributed by atoms with Gasteiger partial charge >= 0.3 is 0 Å². The second-order valence-corrected chi connectivity index (χ2v) is 4.16. The van der Waals surface area contributed by atoms with Gasteiger partial charge in [-0.3, -0.25) is 4.79 Å². The maximum atomic E-state index is 11.9. The van der Waals surface area contributed by atoms with Crippen molar-refractivity contribution in [2.24, 2.45) is 5.73 Å². The lowest BCUT2D eigenvalue weighted by molar-refractivity contribution is -0.117. The Balaban J connectivity index is 1.99. The van der Waals surface area contributed by atoms with Crippen molar-refractivity contribution in [3.8, 4) is 5.75 Å². The van der Waals surface area contributed by atoms with Crippen molar-refractivity contribution in [1.29, 1.82) is 0 Å². The summed E-state index contributed by atoms with van der Waals surface area (Å²) in [5, 5.41) is 12.0. The lowest BCUT2D eigenvalue weighted by atomic mass is 10.1. The first-order chi connectivity index (χ1) is 9.16. The van der Waals surface area contributed by atoms with Crippen LogP contribution in [0.4, 0.5) is 5.82 Å². The highest BCUT2D eigenvalue weighted by atomic mass is 16.3. The zero-order valence-electron chi connectivity index (χ0n) is 10.3. The van der Waals surface area contributed by atoms with E-state index >= 15 is 0 Å². The molecule has 5 nitrogen and oxygen atoms in total. The van der Waals surface area contributed by atoms with Gasteiger partial charge in [-0.2, -0.15) is 0 Å². The summed E-state index contributed by atoms with van der Waals surface area (Å²) in [4.78, 5) is 15.8. The molecule has 1 aromatic carbocycles. The third kappa shape index (κ3) is 3.53. The van der Waals surface area contributed by atoms with Crippen LogP contribution in [0, 0.1) is 0 Å². The fraction of sp³-hybridized carbons (Fsp3) is 0.143. The van der Waals surface area contributed by atoms with E-state index in [0.717, 1.165) is 5.56 Å². The Morgan fingerprint density at radius 2 is 2.00 bits per heavy atom. The van der Waals surface area contributed by atoms with Gasteiger partial charge in [-0.25, -0.2) is 4.98 Å². The summed E-state index contributed by atoms with van der Waals surface area (Å²) in [7, 11) is 0. The van der Waals surface area contributed by atoms with E-state index in [1.54, 1.807) is 6.07 Å². The molecule has 0 saturated heterocycles. The van der Waals surface area contributed by atoms with E-state index in [1.165, 1.54) is 12.3 Å². The topological polar surface area (TPSA) is 88.2 Å². The van der Waals surface area contributed by atoms with E-state index < -0.39 is 6.04 Å². The van der Waals surface area contributed by atoms with Gasteiger partial charge in [-0.15, -0.1) is 0 Å². The number of nitrogens with one attached hydrogen (secondary N) is 1. The van der Waals surface area contributed by atoms with Crippen molar-refractivity contribution < 1.29 is 9.90 Å². The predicted octanol–water partition coefficient (Wildman–Crippen LogP) is 1.30. The first kappa shape index (κ1) is 13.0. The number of hydrogen-bond donors (Lipinski definition) is 3. The molecule has 1 aromatic heterocycles. The molecule has 2 rings (SSSR count). The number of amides is 1. The van der Waals surface area contributed by atoms with Gasteiger partial charge in [0.25, 0.3) is 0 Å². The minimum Gasteiger partial charge on any atom is -0.504 e. The van der Waals surface area contributed by atoms with E-state index in [0.29, 0.717) is 6.42 Å². The molecule has 0 aliphatic rings. The maximum Gasteiger partial charge on any atom is 0.242 e. The van der Waals surface area contributed by atoms with E-state index in [1.807, 2.05) is 30.3 Å². The Labute approximate surface area is 111 Å². The molecule has 0 fully saturated rings. The summed E-state index contributed by atoms with van der Waals surface area (Å²) in [6.45, 7) is 0. The molecular formula is C14H15N3O2. The number of nitrogens with two attached hydrogens (primary N) is 1. The number of benzene rings is 1. The van der Waals surface area contributed by atoms with Crippen molar-refractivity contribution in [1.82, 2.24) is 4.98 Å². The molecule has 19 heavy (non-hydrogen) atoms. The Bertz CT molecular complexity index is 558. The number of rotatable bonds is 4. The molecule has 5 heteroatoms. The van der Waals surface area contributed by atoms with Crippen LogP contribution in [0.15, 0.2) is 48.7 Å². The third-order valence-corrected chi connectivity index (χ3v) is 2.66. The molecule has 0 aliphatic carbocycles. The van der Waals surface area contributed by atoms with Gasteiger partial charge in [0.2, 0.25) is 5.91 Å². The molecular weight excluding hydrogens is 242 g/mol. The van der Waals surface area contributed by atoms with Crippen molar-refractivity contribution in [3.63, 3.8) is 0 Å². The number of aromatic nitrogens is 1. The van der Waals surface area contributed by atoms with Gasteiger partial charge < -0.3 is 16.2 Å². The Morgan fingerprint density at radius 1 is 1.26 bits per heavy atom. The molecule has 98 valence electrons. The molecule has 1 heterocycles. The Morgan fingerprint density at radius 3 is 2.68 bits per heavy atom. The quantitative estimate of drug-likeness (QED) is 0.770. The molecule has 0 spiro atoms. The summed E-state index contributed by atoms with van der Waals surface area (Å²) in [6.07, 6.45) is 1.92. The molecule has 0 radical (unpaired) electrons. The van der Waals surface area contributed by atoms with Crippen LogP contribution in [0.25, 0.3) is 0 Å². The molecule has 2 aromatic rings. The normalized spacial score (nSPS) is 11.8. The Kier molecular flexibility index (Phi) is 4.10. The number of carbonyl (C=O) groups excluding carboxylic acids is 1. The van der Waals surface area contributed by atoms with E-state index in [9.17, 15) is 9.90 Å². The van der Waals surface area contributed by atoms with Gasteiger partial charge in [0.1, 0.15) is 0 Å². The Hall–Kier alpha value is -2.40. The zero-order chi connectivity index (χ0) is 13.7. The number of nitrogens with zero attached hydrogens (tertiary/aromatic N) is 1. The second-order valence-electron chi connectivity index (χ2n) is 4.16. The van der Waals surface area contributed by atoms with Crippen LogP contribution in [-0.4, -0.2) is 22.0 Å². The van der Waals surface area contributed by atoms with Gasteiger partial charge in [-0.05, 0) is 24.1 Å². The smallest absolute Gasteiger partial charge is 0.242 e. The van der Waals surface area contributed by atoms with Gasteiger partial charge in [0.05, 0.1) is 6.04 Å². The summed E-state index contributed by atoms with van der Waals surface area (Å²) >= 11 is 0. The standard InChI is InChI=1S/C14H15N3O2/c15-11(9-10-5-2-1-3-6-10)14(19)17-13-12(18)7-4-8-16-13/h1-8,11,18H,9,15H2,(H,16,17,19)/t11-/m1/s1. The summed E-state index contributed by atoms with van der Waals surface area (Å²) in [5.74, 6) is -0.336. The fourth-order valence-electron chi connectivity index (χ4n) is 1.66. The average molecular weight is 257 g/mol. The van der Waals surface area contributed by atoms with Crippen molar-refractivity contribution >= 4 is 11.7 Å². The lowest BCUT2D eigenvalue weighted by Crippen LogP contribution is -2.37. The van der Waals surface area contributed by atoms with Crippen LogP contribution < -0.4 is 11.1 Å². The monoisotopic (exact) mass is 257 g/mol. The van der Waals surface area contributed by atoms with Gasteiger partial charge in [0.15, 0.2) is 11.6 Å². The summed E-state index contributed by atoms with van der Waals surface area (Å²) in [6, 6.07) is 11.8. The molecule has 0 aliphatic heterocycles. The first-order valence-electron chi connectivity index (χ1n) is 5.91. The molecule has 0 bridgehead atoms. The average Bonchev–Trinajstić information content (AvgIpc) is 2.42. The number of carbonyl (C=O) groups is 1. The highest BCUT2D eigenvalue weighted by molar-refractivity contribution is 5.95. The van der Waals surface area contributed by atoms with Crippen molar-refractivity contribution in [2.75, 3.05) is 5.32 Å². The molecule has 0 unspecified atom stereocenters. The van der Waals surface area contributed by atoms with Crippen LogP contribution in [0.3, 0.4) is 0 Å². The predicted molar refractivity (Wildman–Crippen MR) is 72.7 cm³/mol. The van der Waals surface area contributed by atoms with Crippen LogP contribution in [0.2, 0.25) is 0 Å². The fourth-order valence-corrected chi connectivity index (χ4v) is 1.66. The number of pyridine rings is 1. The maximum absolute atomic E-state index is 11.9. The summed E-state index contributed by atoms with van der Waals surface area (Å²) < 4.78 is 0. The van der Waals surface area contributed by atoms with Crippen LogP contribution in [-0.2, 0) is 11.2 Å². The largest absolute Gasteiger partial charge is 0.504 e. The molecule has 4 N–H and O–H groups in total. The second kappa shape index (κ2) is 5.97. The molecule has 1 atom stereocenters. The lowest BCUT2D eigenvalue weighted by Gasteiger charge is -2.12. The van der Waals surface area contributed by atoms with Crippen LogP contribution in [0.1, 0.15) is 5.56 Å². The minimum absolute atomic E-state index is 0.0808. The molecule has 0 saturated carbocycles. The zero-order valence-corrected chi connectivity index (χ0v) is 10.3. The van der Waals surface area contributed by atoms with Gasteiger partial charge in [-0.1, -0.05) is 30.3 Å². The highest BCUT2D eigenvalue weighted by Crippen LogP contribution is 2.18. The molecule has 1 amide bonds. The summed E-state index contributed by atoms with van der Waals surface area (Å²) in [5.41, 5.74) is 6.81. The third-order valence-electron chi connectivity index (χ3n) is 2.66. The van der Waals surface area contributed by atoms with Crippen LogP contribution in [0.5, 0.6) is 5.75 Å². The van der Waals surface area contributed by atoms with E-state index in [2.05, 4.69) is 10.3 Å². The van der Waals surface area contributed by atoms with Crippen molar-refractivity contribution in [3.05, 3.63) is 54.2 Å². The number of anilines is 1. The van der Waals surface area contributed by atoms with E-state index in [4.69, 9.17) is 5.73 Å². The SMILES string of the molecule is N[C@H](Cc1ccccc1)C(=O)Nc1ncccc1O. The van der Waals surface area contributed by atoms with Gasteiger partial charge in [0, 0.05) is 6.20 Å². The van der Waals surface area contributed by atoms with E-state index in [-0.39, 0.29) is 17.5 Å². The number of hydrogen-bond acceptors (Lipinski definition) is 4.